The van der Waals surface area contributed by atoms with Crippen LogP contribution in [0.25, 0.3) is 0 Å². The van der Waals surface area contributed by atoms with Crippen LogP contribution in [0.15, 0.2) is 12.1 Å². The Morgan fingerprint density at radius 2 is 1.71 bits per heavy atom. The molecule has 2 heterocycles. The molecule has 2 aliphatic heterocycles. The van der Waals surface area contributed by atoms with Gasteiger partial charge in [0.1, 0.15) is 25.6 Å². The van der Waals surface area contributed by atoms with Crippen molar-refractivity contribution in [3.05, 3.63) is 17.7 Å². The van der Waals surface area contributed by atoms with Crippen LogP contribution in [0.1, 0.15) is 11.6 Å². The summed E-state index contributed by atoms with van der Waals surface area (Å²) in [6.45, 7) is 1.73. The predicted octanol–water partition coefficient (Wildman–Crippen LogP) is 0.850. The highest BCUT2D eigenvalue weighted by Crippen LogP contribution is 2.41. The summed E-state index contributed by atoms with van der Waals surface area (Å²) in [6, 6.07) is 3.74. The Kier molecular flexibility index (Phi) is 1.58. The molecule has 3 rings (SSSR count). The Hall–Kier alpha value is -1.42. The lowest BCUT2D eigenvalue weighted by molar-refractivity contribution is 0.171. The molecule has 1 unspecified atom stereocenters. The zero-order chi connectivity index (χ0) is 9.54. The Morgan fingerprint density at radius 3 is 2.50 bits per heavy atom. The molecule has 74 valence electrons. The first-order chi connectivity index (χ1) is 6.84. The molecule has 1 aromatic rings. The number of hydrogen-bond donors (Lipinski definition) is 1. The Bertz CT molecular complexity index is 377. The number of hydrogen-bond acceptors (Lipinski definition) is 4. The van der Waals surface area contributed by atoms with Crippen molar-refractivity contribution in [3.63, 3.8) is 0 Å². The second-order valence-electron chi connectivity index (χ2n) is 3.45. The molecular formula is C10H11NO3. The third-order valence-corrected chi connectivity index (χ3v) is 2.49. The standard InChI is InChI=1S/C10H11NO3/c11-7-5-14-8-4-10-9(3-6(7)8)12-1-2-13-10/h3-4,7H,1-2,5,11H2. The quantitative estimate of drug-likeness (QED) is 0.663. The van der Waals surface area contributed by atoms with Crippen molar-refractivity contribution in [2.24, 2.45) is 5.73 Å². The van der Waals surface area contributed by atoms with Crippen LogP contribution in [-0.4, -0.2) is 19.8 Å². The van der Waals surface area contributed by atoms with Crippen molar-refractivity contribution in [2.75, 3.05) is 19.8 Å². The minimum atomic E-state index is -0.0409. The van der Waals surface area contributed by atoms with Crippen molar-refractivity contribution in [3.8, 4) is 17.2 Å². The van der Waals surface area contributed by atoms with E-state index in [0.717, 1.165) is 22.8 Å². The van der Waals surface area contributed by atoms with Gasteiger partial charge < -0.3 is 19.9 Å². The van der Waals surface area contributed by atoms with Crippen LogP contribution in [0.4, 0.5) is 0 Å². The number of rotatable bonds is 0. The van der Waals surface area contributed by atoms with E-state index >= 15 is 0 Å². The monoisotopic (exact) mass is 193 g/mol. The lowest BCUT2D eigenvalue weighted by Crippen LogP contribution is -2.16. The van der Waals surface area contributed by atoms with Gasteiger partial charge in [-0.2, -0.15) is 0 Å². The first kappa shape index (κ1) is 7.94. The third kappa shape index (κ3) is 1.04. The van der Waals surface area contributed by atoms with E-state index in [1.54, 1.807) is 0 Å². The van der Waals surface area contributed by atoms with E-state index in [9.17, 15) is 0 Å². The predicted molar refractivity (Wildman–Crippen MR) is 49.9 cm³/mol. The van der Waals surface area contributed by atoms with E-state index in [4.69, 9.17) is 19.9 Å². The third-order valence-electron chi connectivity index (χ3n) is 2.49. The summed E-state index contributed by atoms with van der Waals surface area (Å²) in [7, 11) is 0. The fourth-order valence-electron chi connectivity index (χ4n) is 1.77. The molecule has 14 heavy (non-hydrogen) atoms. The summed E-state index contributed by atoms with van der Waals surface area (Å²) >= 11 is 0. The molecule has 1 aromatic carbocycles. The molecule has 0 fully saturated rings. The highest BCUT2D eigenvalue weighted by atomic mass is 16.6. The van der Waals surface area contributed by atoms with Gasteiger partial charge >= 0.3 is 0 Å². The number of nitrogens with two attached hydrogens (primary N) is 1. The molecule has 2 aliphatic rings. The van der Waals surface area contributed by atoms with Gasteiger partial charge in [0.2, 0.25) is 0 Å². The van der Waals surface area contributed by atoms with Crippen molar-refractivity contribution < 1.29 is 14.2 Å². The first-order valence-corrected chi connectivity index (χ1v) is 4.66. The Balaban J connectivity index is 2.11. The molecule has 0 aliphatic carbocycles. The Labute approximate surface area is 81.6 Å². The molecule has 2 N–H and O–H groups in total. The smallest absolute Gasteiger partial charge is 0.165 e. The van der Waals surface area contributed by atoms with Crippen LogP contribution in [-0.2, 0) is 0 Å². The van der Waals surface area contributed by atoms with Gasteiger partial charge in [0.05, 0.1) is 6.04 Å². The normalized spacial score (nSPS) is 22.8. The summed E-state index contributed by atoms with van der Waals surface area (Å²) in [6.07, 6.45) is 0. The van der Waals surface area contributed by atoms with Crippen molar-refractivity contribution >= 4 is 0 Å². The fraction of sp³-hybridized carbons (Fsp3) is 0.400. The molecule has 0 aromatic heterocycles. The second-order valence-corrected chi connectivity index (χ2v) is 3.45. The average Bonchev–Trinajstić information content (AvgIpc) is 2.57. The highest BCUT2D eigenvalue weighted by molar-refractivity contribution is 5.53. The van der Waals surface area contributed by atoms with Crippen LogP contribution < -0.4 is 19.9 Å². The van der Waals surface area contributed by atoms with Crippen molar-refractivity contribution in [1.82, 2.24) is 0 Å². The molecule has 4 heteroatoms. The van der Waals surface area contributed by atoms with Gasteiger partial charge in [-0.15, -0.1) is 0 Å². The van der Waals surface area contributed by atoms with Gasteiger partial charge in [-0.3, -0.25) is 0 Å². The van der Waals surface area contributed by atoms with Gasteiger partial charge in [-0.05, 0) is 6.07 Å². The summed E-state index contributed by atoms with van der Waals surface area (Å²) in [5.74, 6) is 2.35. The number of ether oxygens (including phenoxy) is 3. The van der Waals surface area contributed by atoms with E-state index in [-0.39, 0.29) is 6.04 Å². The molecule has 0 saturated carbocycles. The molecule has 0 spiro atoms. The summed E-state index contributed by atoms with van der Waals surface area (Å²) in [5, 5.41) is 0. The molecular weight excluding hydrogens is 182 g/mol. The minimum Gasteiger partial charge on any atom is -0.491 e. The zero-order valence-electron chi connectivity index (χ0n) is 7.66. The fourth-order valence-corrected chi connectivity index (χ4v) is 1.77. The van der Waals surface area contributed by atoms with Gasteiger partial charge in [0.15, 0.2) is 11.5 Å². The minimum absolute atomic E-state index is 0.0409. The second kappa shape index (κ2) is 2.78. The molecule has 0 amide bonds. The van der Waals surface area contributed by atoms with Crippen LogP contribution in [0.5, 0.6) is 17.2 Å². The maximum atomic E-state index is 5.86. The zero-order valence-corrected chi connectivity index (χ0v) is 7.66. The van der Waals surface area contributed by atoms with Crippen molar-refractivity contribution in [2.45, 2.75) is 6.04 Å². The molecule has 0 radical (unpaired) electrons. The first-order valence-electron chi connectivity index (χ1n) is 4.66. The van der Waals surface area contributed by atoms with Gasteiger partial charge in [-0.1, -0.05) is 0 Å². The van der Waals surface area contributed by atoms with Gasteiger partial charge in [-0.25, -0.2) is 0 Å². The topological polar surface area (TPSA) is 53.7 Å². The van der Waals surface area contributed by atoms with Crippen LogP contribution in [0.3, 0.4) is 0 Å². The van der Waals surface area contributed by atoms with Crippen LogP contribution >= 0.6 is 0 Å². The molecule has 0 saturated heterocycles. The number of benzene rings is 1. The largest absolute Gasteiger partial charge is 0.491 e. The van der Waals surface area contributed by atoms with Gasteiger partial charge in [0, 0.05) is 11.6 Å². The molecule has 4 nitrogen and oxygen atoms in total. The summed E-state index contributed by atoms with van der Waals surface area (Å²) in [5.41, 5.74) is 6.87. The SMILES string of the molecule is NC1COc2cc3c(cc21)OCCO3. The number of fused-ring (bicyclic) bond motifs is 2. The summed E-state index contributed by atoms with van der Waals surface area (Å²) < 4.78 is 16.3. The van der Waals surface area contributed by atoms with E-state index in [2.05, 4.69) is 0 Å². The highest BCUT2D eigenvalue weighted by Gasteiger charge is 2.25. The maximum absolute atomic E-state index is 5.86. The lowest BCUT2D eigenvalue weighted by atomic mass is 10.1. The average molecular weight is 193 g/mol. The lowest BCUT2D eigenvalue weighted by Gasteiger charge is -2.19. The molecule has 1 atom stereocenters. The van der Waals surface area contributed by atoms with E-state index < -0.39 is 0 Å². The van der Waals surface area contributed by atoms with E-state index in [0.29, 0.717) is 19.8 Å². The van der Waals surface area contributed by atoms with Gasteiger partial charge in [0.25, 0.3) is 0 Å². The Morgan fingerprint density at radius 1 is 1.00 bits per heavy atom. The van der Waals surface area contributed by atoms with Crippen molar-refractivity contribution in [1.29, 1.82) is 0 Å². The summed E-state index contributed by atoms with van der Waals surface area (Å²) in [4.78, 5) is 0. The van der Waals surface area contributed by atoms with E-state index in [1.807, 2.05) is 12.1 Å². The van der Waals surface area contributed by atoms with Crippen LogP contribution in [0.2, 0.25) is 0 Å². The van der Waals surface area contributed by atoms with E-state index in [1.165, 1.54) is 0 Å². The molecule has 0 bridgehead atoms. The maximum Gasteiger partial charge on any atom is 0.165 e. The van der Waals surface area contributed by atoms with Crippen LogP contribution in [0, 0.1) is 0 Å².